The van der Waals surface area contributed by atoms with E-state index in [1.807, 2.05) is 6.07 Å². The van der Waals surface area contributed by atoms with Crippen LogP contribution >= 0.6 is 11.6 Å². The van der Waals surface area contributed by atoms with Gasteiger partial charge in [-0.2, -0.15) is 0 Å². The molecule has 0 saturated heterocycles. The third-order valence-electron chi connectivity index (χ3n) is 3.99. The molecule has 6 heteroatoms. The summed E-state index contributed by atoms with van der Waals surface area (Å²) in [6.07, 6.45) is 3.22. The van der Waals surface area contributed by atoms with E-state index in [1.54, 1.807) is 37.6 Å². The highest BCUT2D eigenvalue weighted by atomic mass is 35.5. The number of nitrogens with one attached hydrogen (secondary N) is 2. The fraction of sp³-hybridized carbons (Fsp3) is 0.143. The molecule has 0 radical (unpaired) electrons. The topological polar surface area (TPSA) is 63.2 Å². The van der Waals surface area contributed by atoms with Crippen molar-refractivity contribution in [1.29, 1.82) is 0 Å². The van der Waals surface area contributed by atoms with Crippen molar-refractivity contribution in [1.82, 2.24) is 4.98 Å². The molecule has 0 saturated carbocycles. The van der Waals surface area contributed by atoms with Gasteiger partial charge in [-0.1, -0.05) is 41.4 Å². The predicted molar refractivity (Wildman–Crippen MR) is 109 cm³/mol. The molecule has 0 atom stereocenters. The highest BCUT2D eigenvalue weighted by Crippen LogP contribution is 2.27. The van der Waals surface area contributed by atoms with Crippen LogP contribution in [-0.2, 0) is 6.54 Å². The summed E-state index contributed by atoms with van der Waals surface area (Å²) in [5.41, 5.74) is 4.19. The average Bonchev–Trinajstić information content (AvgIpc) is 2.67. The van der Waals surface area contributed by atoms with Crippen LogP contribution in [0.25, 0.3) is 0 Å². The van der Waals surface area contributed by atoms with Gasteiger partial charge < -0.3 is 15.4 Å². The number of nitrogens with zero attached hydrogens (tertiary/aromatic N) is 1. The Hall–Kier alpha value is -3.05. The molecule has 27 heavy (non-hydrogen) atoms. The molecule has 5 nitrogen and oxygen atoms in total. The third-order valence-corrected chi connectivity index (χ3v) is 4.28. The molecule has 2 aromatic carbocycles. The van der Waals surface area contributed by atoms with E-state index in [1.165, 1.54) is 11.8 Å². The number of methoxy groups -OCH3 is 1. The number of amides is 1. The lowest BCUT2D eigenvalue weighted by Crippen LogP contribution is -2.13. The van der Waals surface area contributed by atoms with E-state index in [0.29, 0.717) is 28.6 Å². The smallest absolute Gasteiger partial charge is 0.257 e. The molecule has 1 amide bonds. The Bertz CT molecular complexity index is 960. The maximum atomic E-state index is 12.5. The van der Waals surface area contributed by atoms with Crippen molar-refractivity contribution in [2.24, 2.45) is 0 Å². The SMILES string of the molecule is COc1ccc(NC(=O)c2cncc(NCc3cccc(C)c3)c2)cc1Cl. The van der Waals surface area contributed by atoms with Crippen molar-refractivity contribution >= 4 is 28.9 Å². The molecule has 2 N–H and O–H groups in total. The summed E-state index contributed by atoms with van der Waals surface area (Å²) in [5, 5.41) is 6.54. The minimum absolute atomic E-state index is 0.261. The van der Waals surface area contributed by atoms with Gasteiger partial charge in [-0.05, 0) is 36.8 Å². The second kappa shape index (κ2) is 8.56. The van der Waals surface area contributed by atoms with Gasteiger partial charge in [-0.25, -0.2) is 0 Å². The van der Waals surface area contributed by atoms with E-state index >= 15 is 0 Å². The zero-order chi connectivity index (χ0) is 19.2. The summed E-state index contributed by atoms with van der Waals surface area (Å²) in [4.78, 5) is 16.7. The number of pyridine rings is 1. The molecule has 3 rings (SSSR count). The molecular formula is C21H20ClN3O2. The molecule has 0 aliphatic rings. The monoisotopic (exact) mass is 381 g/mol. The summed E-state index contributed by atoms with van der Waals surface area (Å²) < 4.78 is 5.11. The van der Waals surface area contributed by atoms with E-state index in [4.69, 9.17) is 16.3 Å². The number of halogens is 1. The van der Waals surface area contributed by atoms with Crippen molar-refractivity contribution in [3.63, 3.8) is 0 Å². The standard InChI is InChI=1S/C21H20ClN3O2/c1-14-4-3-5-15(8-14)11-24-18-9-16(12-23-13-18)21(26)25-17-6-7-20(27-2)19(22)10-17/h3-10,12-13,24H,11H2,1-2H3,(H,25,26). The zero-order valence-electron chi connectivity index (χ0n) is 15.1. The number of hydrogen-bond donors (Lipinski definition) is 2. The van der Waals surface area contributed by atoms with Crippen LogP contribution in [0.2, 0.25) is 5.02 Å². The second-order valence-corrected chi connectivity index (χ2v) is 6.52. The first-order chi connectivity index (χ1) is 13.0. The molecular weight excluding hydrogens is 362 g/mol. The minimum atomic E-state index is -0.261. The lowest BCUT2D eigenvalue weighted by Gasteiger charge is -2.10. The number of anilines is 2. The molecule has 0 aliphatic carbocycles. The van der Waals surface area contributed by atoms with Crippen molar-refractivity contribution in [3.8, 4) is 5.75 Å². The molecule has 0 aliphatic heterocycles. The van der Waals surface area contributed by atoms with E-state index in [0.717, 1.165) is 11.3 Å². The van der Waals surface area contributed by atoms with Crippen LogP contribution in [0.1, 0.15) is 21.5 Å². The predicted octanol–water partition coefficient (Wildman–Crippen LogP) is 4.92. The Morgan fingerprint density at radius 3 is 2.70 bits per heavy atom. The Kier molecular flexibility index (Phi) is 5.94. The Morgan fingerprint density at radius 2 is 1.96 bits per heavy atom. The molecule has 0 spiro atoms. The van der Waals surface area contributed by atoms with Crippen molar-refractivity contribution < 1.29 is 9.53 Å². The summed E-state index contributed by atoms with van der Waals surface area (Å²) in [7, 11) is 1.54. The molecule has 138 valence electrons. The zero-order valence-corrected chi connectivity index (χ0v) is 15.9. The first-order valence-corrected chi connectivity index (χ1v) is 8.82. The van der Waals surface area contributed by atoms with Crippen LogP contribution in [0.15, 0.2) is 60.9 Å². The number of carbonyl (C=O) groups excluding carboxylic acids is 1. The van der Waals surface area contributed by atoms with Gasteiger partial charge in [0.05, 0.1) is 23.4 Å². The molecule has 0 fully saturated rings. The summed E-state index contributed by atoms with van der Waals surface area (Å²) in [5.74, 6) is 0.293. The Morgan fingerprint density at radius 1 is 1.11 bits per heavy atom. The van der Waals surface area contributed by atoms with Gasteiger partial charge in [-0.3, -0.25) is 9.78 Å². The van der Waals surface area contributed by atoms with Crippen LogP contribution in [-0.4, -0.2) is 18.0 Å². The number of carbonyl (C=O) groups is 1. The first kappa shape index (κ1) is 18.7. The van der Waals surface area contributed by atoms with Gasteiger partial charge in [-0.15, -0.1) is 0 Å². The number of benzene rings is 2. The second-order valence-electron chi connectivity index (χ2n) is 6.11. The summed E-state index contributed by atoms with van der Waals surface area (Å²) >= 11 is 6.10. The van der Waals surface area contributed by atoms with Crippen LogP contribution in [0.3, 0.4) is 0 Å². The number of aromatic nitrogens is 1. The van der Waals surface area contributed by atoms with Crippen LogP contribution in [0.5, 0.6) is 5.75 Å². The molecule has 0 bridgehead atoms. The van der Waals surface area contributed by atoms with Crippen LogP contribution < -0.4 is 15.4 Å². The third kappa shape index (κ3) is 4.99. The summed E-state index contributed by atoms with van der Waals surface area (Å²) in [6.45, 7) is 2.71. The fourth-order valence-corrected chi connectivity index (χ4v) is 2.89. The van der Waals surface area contributed by atoms with Crippen LogP contribution in [0, 0.1) is 6.92 Å². The van der Waals surface area contributed by atoms with E-state index in [2.05, 4.69) is 40.7 Å². The van der Waals surface area contributed by atoms with E-state index in [-0.39, 0.29) is 5.91 Å². The van der Waals surface area contributed by atoms with Crippen LogP contribution in [0.4, 0.5) is 11.4 Å². The van der Waals surface area contributed by atoms with Gasteiger partial charge in [0, 0.05) is 24.6 Å². The van der Waals surface area contributed by atoms with E-state index in [9.17, 15) is 4.79 Å². The highest BCUT2D eigenvalue weighted by Gasteiger charge is 2.09. The highest BCUT2D eigenvalue weighted by molar-refractivity contribution is 6.32. The Balaban J connectivity index is 1.67. The lowest BCUT2D eigenvalue weighted by molar-refractivity contribution is 0.102. The molecule has 1 heterocycles. The number of aryl methyl sites for hydroxylation is 1. The van der Waals surface area contributed by atoms with Gasteiger partial charge >= 0.3 is 0 Å². The van der Waals surface area contributed by atoms with Gasteiger partial charge in [0.1, 0.15) is 5.75 Å². The number of hydrogen-bond acceptors (Lipinski definition) is 4. The Labute approximate surface area is 163 Å². The molecule has 1 aromatic heterocycles. The average molecular weight is 382 g/mol. The van der Waals surface area contributed by atoms with Gasteiger partial charge in [0.15, 0.2) is 0 Å². The molecule has 3 aromatic rings. The molecule has 0 unspecified atom stereocenters. The summed E-state index contributed by atoms with van der Waals surface area (Å²) in [6, 6.07) is 15.1. The first-order valence-electron chi connectivity index (χ1n) is 8.44. The quantitative estimate of drug-likeness (QED) is 0.636. The fourth-order valence-electron chi connectivity index (χ4n) is 2.63. The largest absolute Gasteiger partial charge is 0.495 e. The van der Waals surface area contributed by atoms with E-state index < -0.39 is 0 Å². The normalized spacial score (nSPS) is 10.3. The van der Waals surface area contributed by atoms with Crippen molar-refractivity contribution in [2.45, 2.75) is 13.5 Å². The van der Waals surface area contributed by atoms with Crippen molar-refractivity contribution in [3.05, 3.63) is 82.6 Å². The van der Waals surface area contributed by atoms with Gasteiger partial charge in [0.25, 0.3) is 5.91 Å². The maximum Gasteiger partial charge on any atom is 0.257 e. The number of rotatable bonds is 6. The van der Waals surface area contributed by atoms with Gasteiger partial charge in [0.2, 0.25) is 0 Å². The lowest BCUT2D eigenvalue weighted by atomic mass is 10.1. The minimum Gasteiger partial charge on any atom is -0.495 e. The number of ether oxygens (including phenoxy) is 1. The van der Waals surface area contributed by atoms with Crippen molar-refractivity contribution in [2.75, 3.05) is 17.7 Å². The maximum absolute atomic E-state index is 12.5.